The Labute approximate surface area is 150 Å². The van der Waals surface area contributed by atoms with E-state index in [9.17, 15) is 0 Å². The van der Waals surface area contributed by atoms with Gasteiger partial charge in [0.05, 0.1) is 18.8 Å². The first-order valence-corrected chi connectivity index (χ1v) is 9.18. The lowest BCUT2D eigenvalue weighted by molar-refractivity contribution is 0.307. The third kappa shape index (κ3) is 2.66. The van der Waals surface area contributed by atoms with Gasteiger partial charge in [-0.3, -0.25) is 9.98 Å². The molecule has 1 saturated heterocycles. The molecule has 0 radical (unpaired) electrons. The Kier molecular flexibility index (Phi) is 4.14. The highest BCUT2D eigenvalue weighted by Gasteiger charge is 2.44. The molecular weight excluding hydrogens is 342 g/mol. The highest BCUT2D eigenvalue weighted by Crippen LogP contribution is 2.49. The monoisotopic (exact) mass is 359 g/mol. The topological polar surface area (TPSA) is 37.7 Å². The molecule has 2 aliphatic rings. The molecule has 0 unspecified atom stereocenters. The minimum Gasteiger partial charge on any atom is -0.496 e. The molecule has 1 aromatic carbocycles. The summed E-state index contributed by atoms with van der Waals surface area (Å²) in [5.41, 5.74) is 2.04. The molecule has 6 heteroatoms. The SMILES string of the molecule is COc1ccc(Cl)cc1[C@@H]1[C@H](c2ccccn2)N=C2S[C@@H](C)CN21. The molecule has 124 valence electrons. The number of halogens is 1. The molecule has 1 fully saturated rings. The molecule has 0 spiro atoms. The zero-order valence-electron chi connectivity index (χ0n) is 13.5. The highest BCUT2D eigenvalue weighted by atomic mass is 35.5. The van der Waals surface area contributed by atoms with Crippen molar-refractivity contribution in [2.45, 2.75) is 24.3 Å². The quantitative estimate of drug-likeness (QED) is 0.817. The smallest absolute Gasteiger partial charge is 0.160 e. The summed E-state index contributed by atoms with van der Waals surface area (Å²) in [5, 5.41) is 2.32. The fraction of sp³-hybridized carbons (Fsp3) is 0.333. The fourth-order valence-corrected chi connectivity index (χ4v) is 4.66. The summed E-state index contributed by atoms with van der Waals surface area (Å²) < 4.78 is 5.61. The number of benzene rings is 1. The summed E-state index contributed by atoms with van der Waals surface area (Å²) in [7, 11) is 1.70. The van der Waals surface area contributed by atoms with Crippen molar-refractivity contribution in [1.29, 1.82) is 0 Å². The number of rotatable bonds is 3. The number of hydrogen-bond donors (Lipinski definition) is 0. The maximum absolute atomic E-state index is 6.29. The van der Waals surface area contributed by atoms with Crippen LogP contribution in [0.4, 0.5) is 0 Å². The van der Waals surface area contributed by atoms with Crippen LogP contribution >= 0.6 is 23.4 Å². The maximum Gasteiger partial charge on any atom is 0.160 e. The van der Waals surface area contributed by atoms with E-state index in [4.69, 9.17) is 21.3 Å². The van der Waals surface area contributed by atoms with Crippen molar-refractivity contribution in [3.63, 3.8) is 0 Å². The minimum absolute atomic E-state index is 0.0476. The highest BCUT2D eigenvalue weighted by molar-refractivity contribution is 8.14. The molecule has 4 nitrogen and oxygen atoms in total. The predicted octanol–water partition coefficient (Wildman–Crippen LogP) is 4.33. The second-order valence-corrected chi connectivity index (χ2v) is 7.87. The standard InChI is InChI=1S/C18H18ClN3OS/c1-11-10-22-17(13-9-12(19)6-7-15(13)23-2)16(21-18(22)24-11)14-5-3-4-8-20-14/h3-9,11,16-17H,10H2,1-2H3/t11-,16-,17+/m0/s1. The average Bonchev–Trinajstić information content (AvgIpc) is 3.11. The Morgan fingerprint density at radius 1 is 1.29 bits per heavy atom. The van der Waals surface area contributed by atoms with Crippen molar-refractivity contribution >= 4 is 28.5 Å². The summed E-state index contributed by atoms with van der Waals surface area (Å²) in [6, 6.07) is 11.8. The summed E-state index contributed by atoms with van der Waals surface area (Å²) in [6.45, 7) is 3.20. The van der Waals surface area contributed by atoms with E-state index < -0.39 is 0 Å². The normalized spacial score (nSPS) is 25.5. The predicted molar refractivity (Wildman–Crippen MR) is 98.9 cm³/mol. The van der Waals surface area contributed by atoms with Crippen LogP contribution in [0, 0.1) is 0 Å². The van der Waals surface area contributed by atoms with E-state index in [0.717, 1.165) is 28.7 Å². The van der Waals surface area contributed by atoms with Crippen molar-refractivity contribution in [1.82, 2.24) is 9.88 Å². The van der Waals surface area contributed by atoms with Gasteiger partial charge in [-0.15, -0.1) is 0 Å². The second kappa shape index (κ2) is 6.30. The zero-order valence-corrected chi connectivity index (χ0v) is 15.1. The van der Waals surface area contributed by atoms with Gasteiger partial charge in [0, 0.05) is 28.6 Å². The number of aromatic nitrogens is 1. The van der Waals surface area contributed by atoms with E-state index in [0.29, 0.717) is 10.3 Å². The molecule has 2 aromatic rings. The molecule has 24 heavy (non-hydrogen) atoms. The van der Waals surface area contributed by atoms with Gasteiger partial charge in [-0.25, -0.2) is 0 Å². The molecule has 1 aromatic heterocycles. The Balaban J connectivity index is 1.83. The van der Waals surface area contributed by atoms with E-state index in [1.54, 1.807) is 7.11 Å². The molecule has 0 saturated carbocycles. The van der Waals surface area contributed by atoms with E-state index in [1.807, 2.05) is 54.4 Å². The number of nitrogens with zero attached hydrogens (tertiary/aromatic N) is 3. The molecule has 0 aliphatic carbocycles. The lowest BCUT2D eigenvalue weighted by atomic mass is 9.95. The van der Waals surface area contributed by atoms with Crippen molar-refractivity contribution < 1.29 is 4.74 Å². The number of methoxy groups -OCH3 is 1. The Morgan fingerprint density at radius 3 is 2.92 bits per heavy atom. The zero-order chi connectivity index (χ0) is 16.7. The molecule has 0 bridgehead atoms. The Morgan fingerprint density at radius 2 is 2.17 bits per heavy atom. The van der Waals surface area contributed by atoms with Crippen LogP contribution in [0.1, 0.15) is 30.3 Å². The van der Waals surface area contributed by atoms with Crippen LogP contribution in [0.25, 0.3) is 0 Å². The largest absolute Gasteiger partial charge is 0.496 e. The van der Waals surface area contributed by atoms with Crippen LogP contribution in [0.15, 0.2) is 47.6 Å². The molecule has 3 atom stereocenters. The van der Waals surface area contributed by atoms with Gasteiger partial charge in [0.15, 0.2) is 5.17 Å². The summed E-state index contributed by atoms with van der Waals surface area (Å²) >= 11 is 8.11. The third-order valence-electron chi connectivity index (χ3n) is 4.39. The molecule has 4 rings (SSSR count). The summed E-state index contributed by atoms with van der Waals surface area (Å²) in [4.78, 5) is 11.9. The van der Waals surface area contributed by atoms with Gasteiger partial charge in [0.2, 0.25) is 0 Å². The number of hydrogen-bond acceptors (Lipinski definition) is 5. The molecule has 2 aliphatic heterocycles. The van der Waals surface area contributed by atoms with Gasteiger partial charge >= 0.3 is 0 Å². The van der Waals surface area contributed by atoms with E-state index in [1.165, 1.54) is 0 Å². The lowest BCUT2D eigenvalue weighted by Gasteiger charge is -2.28. The van der Waals surface area contributed by atoms with E-state index in [-0.39, 0.29) is 12.1 Å². The first-order valence-electron chi connectivity index (χ1n) is 7.93. The second-order valence-electron chi connectivity index (χ2n) is 6.02. The van der Waals surface area contributed by atoms with E-state index >= 15 is 0 Å². The van der Waals surface area contributed by atoms with Crippen molar-refractivity contribution in [3.05, 3.63) is 58.9 Å². The van der Waals surface area contributed by atoms with Crippen LogP contribution in [0.3, 0.4) is 0 Å². The van der Waals surface area contributed by atoms with Gasteiger partial charge in [-0.2, -0.15) is 0 Å². The molecular formula is C18H18ClN3OS. The minimum atomic E-state index is -0.0476. The Bertz CT molecular complexity index is 783. The lowest BCUT2D eigenvalue weighted by Crippen LogP contribution is -2.28. The van der Waals surface area contributed by atoms with Crippen LogP contribution in [-0.4, -0.2) is 34.0 Å². The van der Waals surface area contributed by atoms with Crippen LogP contribution in [0.2, 0.25) is 5.02 Å². The van der Waals surface area contributed by atoms with Gasteiger partial charge in [0.25, 0.3) is 0 Å². The number of thioether (sulfide) groups is 1. The van der Waals surface area contributed by atoms with Gasteiger partial charge in [-0.1, -0.05) is 36.4 Å². The first-order chi connectivity index (χ1) is 11.7. The van der Waals surface area contributed by atoms with Crippen molar-refractivity contribution in [3.8, 4) is 5.75 Å². The summed E-state index contributed by atoms with van der Waals surface area (Å²) in [6.07, 6.45) is 1.82. The molecule has 3 heterocycles. The third-order valence-corrected chi connectivity index (χ3v) is 5.73. The number of fused-ring (bicyclic) bond motifs is 1. The number of ether oxygens (including phenoxy) is 1. The fourth-order valence-electron chi connectivity index (χ4n) is 3.39. The Hall–Kier alpha value is -1.72. The average molecular weight is 360 g/mol. The molecule has 0 amide bonds. The number of pyridine rings is 1. The van der Waals surface area contributed by atoms with Gasteiger partial charge < -0.3 is 9.64 Å². The number of amidine groups is 1. The number of aliphatic imine (C=N–C) groups is 1. The van der Waals surface area contributed by atoms with Gasteiger partial charge in [0.1, 0.15) is 11.8 Å². The van der Waals surface area contributed by atoms with Crippen LogP contribution < -0.4 is 4.74 Å². The van der Waals surface area contributed by atoms with Crippen LogP contribution in [-0.2, 0) is 0 Å². The van der Waals surface area contributed by atoms with Crippen molar-refractivity contribution in [2.24, 2.45) is 4.99 Å². The first kappa shape index (κ1) is 15.8. The van der Waals surface area contributed by atoms with Crippen LogP contribution in [0.5, 0.6) is 5.75 Å². The summed E-state index contributed by atoms with van der Waals surface area (Å²) in [5.74, 6) is 0.839. The van der Waals surface area contributed by atoms with Gasteiger partial charge in [-0.05, 0) is 30.3 Å². The maximum atomic E-state index is 6.29. The van der Waals surface area contributed by atoms with Crippen molar-refractivity contribution in [2.75, 3.05) is 13.7 Å². The molecule has 0 N–H and O–H groups in total. The van der Waals surface area contributed by atoms with E-state index in [2.05, 4.69) is 16.8 Å².